The van der Waals surface area contributed by atoms with Gasteiger partial charge in [-0.25, -0.2) is 18.0 Å². The van der Waals surface area contributed by atoms with Gasteiger partial charge in [-0.2, -0.15) is 0 Å². The van der Waals surface area contributed by atoms with Gasteiger partial charge in [0, 0.05) is 6.54 Å². The molecular weight excluding hydrogens is 377 g/mol. The van der Waals surface area contributed by atoms with Crippen molar-refractivity contribution in [1.82, 2.24) is 15.5 Å². The van der Waals surface area contributed by atoms with Crippen molar-refractivity contribution >= 4 is 23.5 Å². The van der Waals surface area contributed by atoms with Crippen molar-refractivity contribution in [2.45, 2.75) is 27.2 Å². The maximum Gasteiger partial charge on any atom is 0.321 e. The predicted octanol–water partition coefficient (Wildman–Crippen LogP) is 2.24. The van der Waals surface area contributed by atoms with Gasteiger partial charge in [-0.3, -0.25) is 19.8 Å². The van der Waals surface area contributed by atoms with Gasteiger partial charge in [0.05, 0.1) is 18.8 Å². The molecule has 0 aromatic heterocycles. The van der Waals surface area contributed by atoms with Crippen LogP contribution in [0.2, 0.25) is 0 Å². The van der Waals surface area contributed by atoms with Crippen LogP contribution in [-0.4, -0.2) is 48.9 Å². The molecule has 0 fully saturated rings. The van der Waals surface area contributed by atoms with E-state index in [0.717, 1.165) is 6.07 Å². The second-order valence-electron chi connectivity index (χ2n) is 6.63. The van der Waals surface area contributed by atoms with E-state index in [1.165, 1.54) is 4.90 Å². The molecule has 1 aromatic carbocycles. The van der Waals surface area contributed by atoms with Crippen LogP contribution in [0.15, 0.2) is 12.1 Å². The number of urea groups is 1. The maximum atomic E-state index is 13.6. The van der Waals surface area contributed by atoms with Gasteiger partial charge in [0.15, 0.2) is 17.5 Å². The van der Waals surface area contributed by atoms with E-state index in [1.54, 1.807) is 0 Å². The number of rotatable bonds is 9. The Kier molecular flexibility index (Phi) is 9.43. The molecule has 7 nitrogen and oxygen atoms in total. The zero-order valence-electron chi connectivity index (χ0n) is 16.1. The molecule has 1 rings (SSSR count). The summed E-state index contributed by atoms with van der Waals surface area (Å²) in [6.07, 6.45) is 0.611. The molecule has 156 valence electrons. The van der Waals surface area contributed by atoms with Gasteiger partial charge in [0.1, 0.15) is 0 Å². The topological polar surface area (TPSA) is 90.5 Å². The largest absolute Gasteiger partial charge is 0.338 e. The summed E-state index contributed by atoms with van der Waals surface area (Å²) in [5.74, 6) is -5.66. The lowest BCUT2D eigenvalue weighted by molar-refractivity contribution is -0.122. The molecule has 0 saturated carbocycles. The summed E-state index contributed by atoms with van der Waals surface area (Å²) >= 11 is 0. The number of anilines is 1. The Balaban J connectivity index is 2.61. The molecule has 10 heteroatoms. The van der Waals surface area contributed by atoms with Crippen molar-refractivity contribution in [3.8, 4) is 0 Å². The molecule has 0 aliphatic heterocycles. The number of nitrogens with zero attached hydrogens (tertiary/aromatic N) is 1. The lowest BCUT2D eigenvalue weighted by Crippen LogP contribution is -2.46. The highest BCUT2D eigenvalue weighted by Gasteiger charge is 2.19. The van der Waals surface area contributed by atoms with Crippen LogP contribution in [0.1, 0.15) is 27.2 Å². The third-order valence-electron chi connectivity index (χ3n) is 3.51. The lowest BCUT2D eigenvalue weighted by atomic mass is 10.2. The van der Waals surface area contributed by atoms with E-state index < -0.39 is 41.0 Å². The van der Waals surface area contributed by atoms with Crippen molar-refractivity contribution in [2.75, 3.05) is 31.5 Å². The molecule has 0 heterocycles. The van der Waals surface area contributed by atoms with Crippen molar-refractivity contribution in [3.63, 3.8) is 0 Å². The Morgan fingerprint density at radius 3 is 2.29 bits per heavy atom. The normalized spacial score (nSPS) is 10.9. The van der Waals surface area contributed by atoms with E-state index in [1.807, 2.05) is 20.8 Å². The second kappa shape index (κ2) is 11.3. The highest BCUT2D eigenvalue weighted by Crippen LogP contribution is 2.19. The number of carbonyl (C=O) groups is 3. The van der Waals surface area contributed by atoms with Crippen LogP contribution in [0.5, 0.6) is 0 Å². The molecule has 1 aromatic rings. The summed E-state index contributed by atoms with van der Waals surface area (Å²) in [6, 6.07) is 0.964. The van der Waals surface area contributed by atoms with Crippen molar-refractivity contribution in [2.24, 2.45) is 5.92 Å². The molecule has 0 radical (unpaired) electrons. The summed E-state index contributed by atoms with van der Waals surface area (Å²) in [5.41, 5.74) is -0.502. The highest BCUT2D eigenvalue weighted by molar-refractivity contribution is 5.96. The van der Waals surface area contributed by atoms with Crippen LogP contribution in [0.25, 0.3) is 0 Å². The first-order chi connectivity index (χ1) is 13.1. The predicted molar refractivity (Wildman–Crippen MR) is 98.1 cm³/mol. The molecule has 0 atom stereocenters. The van der Waals surface area contributed by atoms with E-state index in [4.69, 9.17) is 0 Å². The molecule has 0 saturated heterocycles. The fraction of sp³-hybridized carbons (Fsp3) is 0.500. The number of nitrogens with one attached hydrogen (secondary N) is 3. The number of amides is 4. The monoisotopic (exact) mass is 402 g/mol. The van der Waals surface area contributed by atoms with Crippen LogP contribution in [-0.2, 0) is 9.59 Å². The zero-order valence-corrected chi connectivity index (χ0v) is 16.1. The molecule has 0 spiro atoms. The van der Waals surface area contributed by atoms with E-state index in [-0.39, 0.29) is 19.0 Å². The smallest absolute Gasteiger partial charge is 0.321 e. The van der Waals surface area contributed by atoms with Gasteiger partial charge in [-0.1, -0.05) is 20.8 Å². The zero-order chi connectivity index (χ0) is 21.3. The summed E-state index contributed by atoms with van der Waals surface area (Å²) in [6.45, 7) is 5.85. The average Bonchev–Trinajstić information content (AvgIpc) is 2.60. The minimum Gasteiger partial charge on any atom is -0.338 e. The quantitative estimate of drug-likeness (QED) is 0.553. The van der Waals surface area contributed by atoms with E-state index in [2.05, 4.69) is 16.0 Å². The molecule has 28 heavy (non-hydrogen) atoms. The van der Waals surface area contributed by atoms with Gasteiger partial charge >= 0.3 is 6.03 Å². The molecular formula is C18H25F3N4O3. The Labute approximate surface area is 161 Å². The number of hydrogen-bond acceptors (Lipinski definition) is 4. The fourth-order valence-electron chi connectivity index (χ4n) is 2.26. The van der Waals surface area contributed by atoms with Gasteiger partial charge in [-0.15, -0.1) is 0 Å². The second-order valence-corrected chi connectivity index (χ2v) is 6.63. The number of carbonyl (C=O) groups excluding carboxylic acids is 3. The molecule has 4 amide bonds. The van der Waals surface area contributed by atoms with E-state index in [0.29, 0.717) is 25.6 Å². The van der Waals surface area contributed by atoms with Gasteiger partial charge in [-0.05, 0) is 31.0 Å². The van der Waals surface area contributed by atoms with Gasteiger partial charge in [0.2, 0.25) is 11.8 Å². The molecule has 0 bridgehead atoms. The number of benzene rings is 1. The highest BCUT2D eigenvalue weighted by atomic mass is 19.2. The summed E-state index contributed by atoms with van der Waals surface area (Å²) in [4.78, 5) is 37.1. The first-order valence-corrected chi connectivity index (χ1v) is 8.87. The summed E-state index contributed by atoms with van der Waals surface area (Å²) in [7, 11) is 0. The fourth-order valence-corrected chi connectivity index (χ4v) is 2.26. The Hall–Kier alpha value is -2.62. The van der Waals surface area contributed by atoms with Crippen LogP contribution in [0, 0.1) is 23.4 Å². The first-order valence-electron chi connectivity index (χ1n) is 8.87. The number of imide groups is 1. The molecule has 0 unspecified atom stereocenters. The Bertz CT molecular complexity index is 714. The first kappa shape index (κ1) is 23.4. The lowest BCUT2D eigenvalue weighted by Gasteiger charge is -2.20. The average molecular weight is 402 g/mol. The van der Waals surface area contributed by atoms with E-state index >= 15 is 0 Å². The number of hydrogen-bond donors (Lipinski definition) is 3. The third kappa shape index (κ3) is 7.95. The number of halogens is 3. The van der Waals surface area contributed by atoms with Crippen molar-refractivity contribution in [1.29, 1.82) is 0 Å². The maximum absolute atomic E-state index is 13.6. The van der Waals surface area contributed by atoms with Crippen LogP contribution in [0.3, 0.4) is 0 Å². The minimum absolute atomic E-state index is 0.220. The van der Waals surface area contributed by atoms with Gasteiger partial charge < -0.3 is 10.6 Å². The van der Waals surface area contributed by atoms with Crippen LogP contribution >= 0.6 is 0 Å². The summed E-state index contributed by atoms with van der Waals surface area (Å²) in [5, 5.41) is 6.83. The Morgan fingerprint density at radius 1 is 1.04 bits per heavy atom. The van der Waals surface area contributed by atoms with Gasteiger partial charge in [0.25, 0.3) is 0 Å². The molecule has 3 N–H and O–H groups in total. The minimum atomic E-state index is -1.69. The standard InChI is InChI=1S/C18H25F3N4O3/c1-4-7-25(10-15(27)24-18(28)22-8-11(2)3)9-14(26)23-13-6-5-12(19)16(20)17(13)21/h5-6,11H,4,7-10H2,1-3H3,(H,23,26)(H2,22,24,27,28). The van der Waals surface area contributed by atoms with Crippen molar-refractivity contribution < 1.29 is 27.6 Å². The van der Waals surface area contributed by atoms with E-state index in [9.17, 15) is 27.6 Å². The Morgan fingerprint density at radius 2 is 1.68 bits per heavy atom. The van der Waals surface area contributed by atoms with Crippen molar-refractivity contribution in [3.05, 3.63) is 29.6 Å². The SMILES string of the molecule is CCCN(CC(=O)NC(=O)NCC(C)C)CC(=O)Nc1ccc(F)c(F)c1F. The third-order valence-corrected chi connectivity index (χ3v) is 3.51. The van der Waals surface area contributed by atoms with Crippen LogP contribution in [0.4, 0.5) is 23.7 Å². The molecule has 0 aliphatic rings. The summed E-state index contributed by atoms with van der Waals surface area (Å²) < 4.78 is 39.8. The molecule has 0 aliphatic carbocycles. The van der Waals surface area contributed by atoms with Crippen LogP contribution < -0.4 is 16.0 Å².